The van der Waals surface area contributed by atoms with Crippen molar-refractivity contribution in [2.24, 2.45) is 9.50 Å². The van der Waals surface area contributed by atoms with Crippen LogP contribution in [0, 0.1) is 0 Å². The second kappa shape index (κ2) is 7.61. The van der Waals surface area contributed by atoms with Gasteiger partial charge in [-0.3, -0.25) is 0 Å². The van der Waals surface area contributed by atoms with Gasteiger partial charge >= 0.3 is 6.03 Å². The Kier molecular flexibility index (Phi) is 5.03. The molecule has 3 atom stereocenters. The third-order valence-electron chi connectivity index (χ3n) is 6.43. The van der Waals surface area contributed by atoms with Crippen LogP contribution in [0.5, 0.6) is 5.88 Å². The normalized spacial score (nSPS) is 22.9. The molecule has 166 valence electrons. The van der Waals surface area contributed by atoms with Gasteiger partial charge in [-0.2, -0.15) is 5.10 Å². The molecule has 2 heterocycles. The van der Waals surface area contributed by atoms with Gasteiger partial charge in [-0.15, -0.1) is 4.36 Å². The number of nitrogens with one attached hydrogen (secondary N) is 1. The molecule has 0 bridgehead atoms. The zero-order valence-electron chi connectivity index (χ0n) is 17.7. The van der Waals surface area contributed by atoms with Gasteiger partial charge in [0.2, 0.25) is 5.88 Å². The number of anilines is 1. The van der Waals surface area contributed by atoms with Gasteiger partial charge in [-0.1, -0.05) is 6.07 Å². The Hall–Kier alpha value is -2.43. The maximum absolute atomic E-state index is 13.1. The van der Waals surface area contributed by atoms with E-state index in [2.05, 4.69) is 20.8 Å². The summed E-state index contributed by atoms with van der Waals surface area (Å²) in [7, 11) is -1.82. The van der Waals surface area contributed by atoms with Crippen molar-refractivity contribution in [2.75, 3.05) is 25.6 Å². The van der Waals surface area contributed by atoms with E-state index in [0.717, 1.165) is 48.9 Å². The molecule has 9 nitrogen and oxygen atoms in total. The first-order chi connectivity index (χ1) is 14.9. The molecular weight excluding hydrogens is 418 g/mol. The molecule has 2 aliphatic carbocycles. The molecule has 5 rings (SSSR count). The van der Waals surface area contributed by atoms with E-state index in [-0.39, 0.29) is 16.9 Å². The van der Waals surface area contributed by atoms with Gasteiger partial charge < -0.3 is 14.8 Å². The number of rotatable bonds is 4. The van der Waals surface area contributed by atoms with E-state index in [0.29, 0.717) is 19.1 Å². The summed E-state index contributed by atoms with van der Waals surface area (Å²) in [6.07, 6.45) is 6.28. The maximum Gasteiger partial charge on any atom is 0.354 e. The monoisotopic (exact) mass is 445 g/mol. The van der Waals surface area contributed by atoms with E-state index in [9.17, 15) is 9.00 Å². The molecule has 0 saturated carbocycles. The van der Waals surface area contributed by atoms with Crippen LogP contribution >= 0.6 is 0 Å². The first kappa shape index (κ1) is 20.5. The van der Waals surface area contributed by atoms with E-state index in [1.807, 2.05) is 6.92 Å². The molecule has 3 aliphatic rings. The standard InChI is InChI=1S/C21H27N5O4S/c1-12-10-30-20-17(9-23-26(12)20)31(22,28)25-21(27)24-19-16-5-3-4-13(16)8-14-6-7-15(11-29-2)18(14)19/h8-9,12,15H,3-7,10-11H2,1-2H3,(H3,22,24,25,27,28)/t12-,15-,31+/m0/s1. The van der Waals surface area contributed by atoms with Gasteiger partial charge in [-0.25, -0.2) is 18.8 Å². The zero-order chi connectivity index (χ0) is 21.8. The van der Waals surface area contributed by atoms with Crippen LogP contribution in [0.3, 0.4) is 0 Å². The number of aromatic nitrogens is 2. The SMILES string of the molecule is COC[C@@H]1CCc2cc3c(c(NC(=O)N=[S@@](N)(=O)c4cnn5c4OC[C@@H]5C)c21)CCC3. The molecule has 3 N–H and O–H groups in total. The Morgan fingerprint density at radius 2 is 2.26 bits per heavy atom. The number of hydrogen-bond acceptors (Lipinski definition) is 5. The van der Waals surface area contributed by atoms with Crippen LogP contribution in [0.2, 0.25) is 0 Å². The fourth-order valence-corrected chi connectivity index (χ4v) is 6.03. The van der Waals surface area contributed by atoms with Crippen molar-refractivity contribution in [1.82, 2.24) is 9.78 Å². The Labute approximate surface area is 181 Å². The highest BCUT2D eigenvalue weighted by Gasteiger charge is 2.32. The van der Waals surface area contributed by atoms with Gasteiger partial charge in [0.05, 0.1) is 18.8 Å². The summed E-state index contributed by atoms with van der Waals surface area (Å²) >= 11 is 0. The number of fused-ring (bicyclic) bond motifs is 3. The maximum atomic E-state index is 13.1. The minimum atomic E-state index is -3.51. The highest BCUT2D eigenvalue weighted by molar-refractivity contribution is 7.91. The fourth-order valence-electron chi connectivity index (χ4n) is 5.04. The summed E-state index contributed by atoms with van der Waals surface area (Å²) in [6, 6.07) is 1.57. The van der Waals surface area contributed by atoms with Crippen molar-refractivity contribution < 1.29 is 18.5 Å². The molecule has 0 saturated heterocycles. The zero-order valence-corrected chi connectivity index (χ0v) is 18.5. The number of carbonyl (C=O) groups excluding carboxylic acids is 1. The number of amides is 2. The van der Waals surface area contributed by atoms with Crippen LogP contribution in [-0.4, -0.2) is 40.3 Å². The van der Waals surface area contributed by atoms with Crippen molar-refractivity contribution in [2.45, 2.75) is 55.9 Å². The van der Waals surface area contributed by atoms with Crippen LogP contribution in [0.25, 0.3) is 0 Å². The van der Waals surface area contributed by atoms with Crippen LogP contribution < -0.4 is 15.2 Å². The first-order valence-corrected chi connectivity index (χ1v) is 12.2. The van der Waals surface area contributed by atoms with Crippen LogP contribution in [0.1, 0.15) is 54.0 Å². The molecule has 0 radical (unpaired) electrons. The highest BCUT2D eigenvalue weighted by atomic mass is 32.2. The highest BCUT2D eigenvalue weighted by Crippen LogP contribution is 2.44. The van der Waals surface area contributed by atoms with E-state index in [1.165, 1.54) is 17.3 Å². The number of aryl methyl sites for hydroxylation is 2. The van der Waals surface area contributed by atoms with Crippen LogP contribution in [-0.2, 0) is 33.9 Å². The molecule has 10 heteroatoms. The van der Waals surface area contributed by atoms with E-state index in [4.69, 9.17) is 14.6 Å². The molecule has 1 aromatic carbocycles. The number of methoxy groups -OCH3 is 1. The lowest BCUT2D eigenvalue weighted by Crippen LogP contribution is -2.19. The summed E-state index contributed by atoms with van der Waals surface area (Å²) in [4.78, 5) is 13.1. The number of ether oxygens (including phenoxy) is 2. The number of benzene rings is 1. The number of hydrogen-bond donors (Lipinski definition) is 2. The topological polar surface area (TPSA) is 121 Å². The lowest BCUT2D eigenvalue weighted by molar-refractivity contribution is 0.179. The van der Waals surface area contributed by atoms with Gasteiger partial charge in [0, 0.05) is 18.7 Å². The second-order valence-corrected chi connectivity index (χ2v) is 10.3. The van der Waals surface area contributed by atoms with Gasteiger partial charge in [0.15, 0.2) is 9.92 Å². The molecule has 0 spiro atoms. The van der Waals surface area contributed by atoms with Gasteiger partial charge in [0.1, 0.15) is 11.5 Å². The molecule has 1 aromatic heterocycles. The lowest BCUT2D eigenvalue weighted by Gasteiger charge is -2.19. The first-order valence-electron chi connectivity index (χ1n) is 10.6. The minimum absolute atomic E-state index is 0.0139. The summed E-state index contributed by atoms with van der Waals surface area (Å²) in [5.74, 6) is 0.537. The summed E-state index contributed by atoms with van der Waals surface area (Å²) in [5.41, 5.74) is 5.61. The van der Waals surface area contributed by atoms with Crippen molar-refractivity contribution >= 4 is 21.6 Å². The van der Waals surface area contributed by atoms with Crippen LogP contribution in [0.4, 0.5) is 10.5 Å². The van der Waals surface area contributed by atoms with E-state index in [1.54, 1.807) is 11.8 Å². The smallest absolute Gasteiger partial charge is 0.354 e. The number of urea groups is 1. The minimum Gasteiger partial charge on any atom is -0.475 e. The summed E-state index contributed by atoms with van der Waals surface area (Å²) in [5, 5.41) is 13.1. The third kappa shape index (κ3) is 3.42. The molecule has 0 unspecified atom stereocenters. The number of nitrogens with zero attached hydrogens (tertiary/aromatic N) is 3. The molecule has 2 aromatic rings. The van der Waals surface area contributed by atoms with Gasteiger partial charge in [0.25, 0.3) is 0 Å². The Morgan fingerprint density at radius 3 is 3.06 bits per heavy atom. The Balaban J connectivity index is 1.50. The van der Waals surface area contributed by atoms with E-state index >= 15 is 0 Å². The second-order valence-electron chi connectivity index (χ2n) is 8.52. The molecule has 31 heavy (non-hydrogen) atoms. The van der Waals surface area contributed by atoms with Crippen LogP contribution in [0.15, 0.2) is 21.5 Å². The quantitative estimate of drug-likeness (QED) is 0.749. The Bertz CT molecular complexity index is 1180. The van der Waals surface area contributed by atoms with Crippen molar-refractivity contribution in [1.29, 1.82) is 0 Å². The molecule has 0 fully saturated rings. The molecular formula is C21H27N5O4S. The van der Waals surface area contributed by atoms with Crippen molar-refractivity contribution in [3.8, 4) is 5.88 Å². The predicted octanol–water partition coefficient (Wildman–Crippen LogP) is 2.93. The van der Waals surface area contributed by atoms with Crippen molar-refractivity contribution in [3.05, 3.63) is 34.5 Å². The fraction of sp³-hybridized carbons (Fsp3) is 0.524. The predicted molar refractivity (Wildman–Crippen MR) is 116 cm³/mol. The summed E-state index contributed by atoms with van der Waals surface area (Å²) < 4.78 is 29.6. The molecule has 1 aliphatic heterocycles. The lowest BCUT2D eigenvalue weighted by atomic mass is 9.94. The number of carbonyl (C=O) groups is 1. The number of nitrogens with two attached hydrogens (primary N) is 1. The van der Waals surface area contributed by atoms with Gasteiger partial charge in [-0.05, 0) is 61.3 Å². The van der Waals surface area contributed by atoms with E-state index < -0.39 is 15.9 Å². The average Bonchev–Trinajstić information content (AvgIpc) is 3.47. The third-order valence-corrected chi connectivity index (χ3v) is 7.77. The van der Waals surface area contributed by atoms with Crippen molar-refractivity contribution in [3.63, 3.8) is 0 Å². The average molecular weight is 446 g/mol. The molecule has 2 amide bonds. The summed E-state index contributed by atoms with van der Waals surface area (Å²) in [6.45, 7) is 2.95. The largest absolute Gasteiger partial charge is 0.475 e. The Morgan fingerprint density at radius 1 is 1.42 bits per heavy atom.